The quantitative estimate of drug-likeness (QED) is 0.402. The molecule has 11 heavy (non-hydrogen) atoms. The second-order valence-electron chi connectivity index (χ2n) is 2.93. The molecular weight excluding hydrogens is 142 g/mol. The second kappa shape index (κ2) is 2.89. The molecule has 0 aromatic rings. The van der Waals surface area contributed by atoms with Crippen LogP contribution in [0.5, 0.6) is 0 Å². The lowest BCUT2D eigenvalue weighted by molar-refractivity contribution is -0.125. The summed E-state index contributed by atoms with van der Waals surface area (Å²) in [4.78, 5) is 11.2. The first kappa shape index (κ1) is 8.02. The number of nitrogens with one attached hydrogen (secondary N) is 2. The van der Waals surface area contributed by atoms with Gasteiger partial charge in [-0.05, 0) is 26.3 Å². The molecule has 2 N–H and O–H groups in total. The van der Waals surface area contributed by atoms with E-state index in [1.165, 1.54) is 0 Å². The van der Waals surface area contributed by atoms with Crippen LogP contribution in [0, 0.1) is 11.5 Å². The summed E-state index contributed by atoms with van der Waals surface area (Å²) >= 11 is 0. The van der Waals surface area contributed by atoms with E-state index < -0.39 is 5.54 Å². The number of nitriles is 1. The highest BCUT2D eigenvalue weighted by molar-refractivity contribution is 5.87. The fraction of sp³-hybridized carbons (Fsp3) is 0.714. The van der Waals surface area contributed by atoms with Crippen molar-refractivity contribution < 1.29 is 4.79 Å². The lowest BCUT2D eigenvalue weighted by Gasteiger charge is -2.20. The van der Waals surface area contributed by atoms with Gasteiger partial charge < -0.3 is 5.32 Å². The second-order valence-corrected chi connectivity index (χ2v) is 2.93. The highest BCUT2D eigenvalue weighted by atomic mass is 16.2. The van der Waals surface area contributed by atoms with Crippen molar-refractivity contribution in [1.29, 1.82) is 5.26 Å². The van der Waals surface area contributed by atoms with E-state index in [0.717, 1.165) is 19.4 Å². The van der Waals surface area contributed by atoms with Crippen LogP contribution in [-0.4, -0.2) is 18.0 Å². The van der Waals surface area contributed by atoms with Crippen LogP contribution < -0.4 is 10.6 Å². The molecule has 0 saturated carbocycles. The summed E-state index contributed by atoms with van der Waals surface area (Å²) in [5.41, 5.74) is -0.518. The number of rotatable bonds is 1. The van der Waals surface area contributed by atoms with Crippen LogP contribution in [0.15, 0.2) is 0 Å². The summed E-state index contributed by atoms with van der Waals surface area (Å²) in [6.07, 6.45) is 3.43. The van der Waals surface area contributed by atoms with Gasteiger partial charge in [0, 0.05) is 0 Å². The molecule has 1 aliphatic rings. The molecule has 1 atom stereocenters. The van der Waals surface area contributed by atoms with E-state index in [-0.39, 0.29) is 5.91 Å². The van der Waals surface area contributed by atoms with Gasteiger partial charge in [-0.2, -0.15) is 5.26 Å². The first-order valence-electron chi connectivity index (χ1n) is 3.63. The molecule has 1 aliphatic heterocycles. The Morgan fingerprint density at radius 3 is 3.00 bits per heavy atom. The zero-order valence-electron chi connectivity index (χ0n) is 6.48. The van der Waals surface area contributed by atoms with Crippen LogP contribution in [0.25, 0.3) is 0 Å². The maximum atomic E-state index is 11.2. The van der Waals surface area contributed by atoms with Gasteiger partial charge >= 0.3 is 0 Å². The molecule has 0 aliphatic carbocycles. The molecule has 0 spiro atoms. The number of amides is 1. The van der Waals surface area contributed by atoms with E-state index in [2.05, 4.69) is 10.6 Å². The molecule has 0 radical (unpaired) electrons. The maximum absolute atomic E-state index is 11.2. The van der Waals surface area contributed by atoms with E-state index in [0.29, 0.717) is 0 Å². The highest BCUT2D eigenvalue weighted by Gasteiger charge is 2.35. The van der Waals surface area contributed by atoms with Crippen LogP contribution >= 0.6 is 0 Å². The summed E-state index contributed by atoms with van der Waals surface area (Å²) in [6, 6.07) is 0. The van der Waals surface area contributed by atoms with Gasteiger partial charge in [0.2, 0.25) is 0 Å². The predicted octanol–water partition coefficient (Wildman–Crippen LogP) is -0.274. The summed E-state index contributed by atoms with van der Waals surface area (Å²) in [5.74, 6) is -0.225. The normalized spacial score (nSPS) is 29.5. The van der Waals surface area contributed by atoms with E-state index in [1.54, 1.807) is 6.19 Å². The number of hydrogen-bond acceptors (Lipinski definition) is 3. The molecule has 4 heteroatoms. The molecule has 0 aromatic heterocycles. The van der Waals surface area contributed by atoms with Crippen molar-refractivity contribution in [1.82, 2.24) is 10.6 Å². The van der Waals surface area contributed by atoms with Crippen LogP contribution in [0.2, 0.25) is 0 Å². The molecule has 1 fully saturated rings. The van der Waals surface area contributed by atoms with E-state index in [9.17, 15) is 4.79 Å². The van der Waals surface area contributed by atoms with Crippen LogP contribution in [0.1, 0.15) is 19.8 Å². The third-order valence-electron chi connectivity index (χ3n) is 2.04. The van der Waals surface area contributed by atoms with Gasteiger partial charge in [0.25, 0.3) is 5.91 Å². The molecule has 0 bridgehead atoms. The first-order chi connectivity index (χ1) is 5.19. The minimum atomic E-state index is -0.518. The average molecular weight is 153 g/mol. The Labute approximate surface area is 65.6 Å². The van der Waals surface area contributed by atoms with Crippen molar-refractivity contribution in [2.45, 2.75) is 25.3 Å². The van der Waals surface area contributed by atoms with Crippen molar-refractivity contribution in [3.05, 3.63) is 0 Å². The molecule has 1 rings (SSSR count). The number of hydrogen-bond donors (Lipinski definition) is 2. The van der Waals surface area contributed by atoms with E-state index in [1.807, 2.05) is 6.92 Å². The third-order valence-corrected chi connectivity index (χ3v) is 2.04. The monoisotopic (exact) mass is 153 g/mol. The first-order valence-corrected chi connectivity index (χ1v) is 3.63. The molecule has 1 amide bonds. The molecule has 0 aromatic carbocycles. The van der Waals surface area contributed by atoms with Gasteiger partial charge in [0.05, 0.1) is 5.54 Å². The minimum Gasteiger partial charge on any atom is -0.304 e. The molecule has 1 heterocycles. The average Bonchev–Trinajstić information content (AvgIpc) is 2.38. The fourth-order valence-electron chi connectivity index (χ4n) is 1.28. The lowest BCUT2D eigenvalue weighted by Crippen LogP contribution is -2.49. The van der Waals surface area contributed by atoms with Gasteiger partial charge in [-0.15, -0.1) is 0 Å². The zero-order valence-corrected chi connectivity index (χ0v) is 6.48. The maximum Gasteiger partial charge on any atom is 0.252 e. The van der Waals surface area contributed by atoms with Crippen LogP contribution in [0.3, 0.4) is 0 Å². The van der Waals surface area contributed by atoms with Crippen LogP contribution in [-0.2, 0) is 4.79 Å². The highest BCUT2D eigenvalue weighted by Crippen LogP contribution is 2.17. The topological polar surface area (TPSA) is 64.9 Å². The summed E-state index contributed by atoms with van der Waals surface area (Å²) in [5, 5.41) is 13.4. The smallest absolute Gasteiger partial charge is 0.252 e. The Morgan fingerprint density at radius 1 is 1.82 bits per heavy atom. The van der Waals surface area contributed by atoms with E-state index in [4.69, 9.17) is 5.26 Å². The molecule has 60 valence electrons. The number of carbonyl (C=O) groups is 1. The van der Waals surface area contributed by atoms with Crippen molar-refractivity contribution in [2.24, 2.45) is 0 Å². The van der Waals surface area contributed by atoms with Gasteiger partial charge in [-0.25, -0.2) is 0 Å². The Bertz CT molecular complexity index is 200. The Kier molecular flexibility index (Phi) is 2.11. The number of carbonyl (C=O) groups excluding carboxylic acids is 1. The van der Waals surface area contributed by atoms with Crippen LogP contribution in [0.4, 0.5) is 0 Å². The SMILES string of the molecule is CC1(C(=O)NC#N)CCCN1. The lowest BCUT2D eigenvalue weighted by atomic mass is 10.00. The zero-order chi connectivity index (χ0) is 8.32. The minimum absolute atomic E-state index is 0.225. The number of nitrogens with zero attached hydrogens (tertiary/aromatic N) is 1. The molecule has 4 nitrogen and oxygen atoms in total. The summed E-state index contributed by atoms with van der Waals surface area (Å²) < 4.78 is 0. The Hall–Kier alpha value is -1.08. The third kappa shape index (κ3) is 1.49. The predicted molar refractivity (Wildman–Crippen MR) is 39.4 cm³/mol. The van der Waals surface area contributed by atoms with Crippen molar-refractivity contribution in [3.63, 3.8) is 0 Å². The summed E-state index contributed by atoms with van der Waals surface area (Å²) in [7, 11) is 0. The largest absolute Gasteiger partial charge is 0.304 e. The van der Waals surface area contributed by atoms with E-state index >= 15 is 0 Å². The van der Waals surface area contributed by atoms with Gasteiger partial charge in [0.15, 0.2) is 6.19 Å². The fourth-order valence-corrected chi connectivity index (χ4v) is 1.28. The van der Waals surface area contributed by atoms with Gasteiger partial charge in [-0.3, -0.25) is 10.1 Å². The molecular formula is C7H11N3O. The summed E-state index contributed by atoms with van der Waals surface area (Å²) in [6.45, 7) is 2.67. The molecule has 1 unspecified atom stereocenters. The molecule has 1 saturated heterocycles. The standard InChI is InChI=1S/C7H11N3O/c1-7(3-2-4-10-7)6(11)9-5-8/h10H,2-4H2,1H3,(H,9,11). The van der Waals surface area contributed by atoms with Gasteiger partial charge in [0.1, 0.15) is 0 Å². The van der Waals surface area contributed by atoms with Crippen molar-refractivity contribution in [2.75, 3.05) is 6.54 Å². The Balaban J connectivity index is 2.58. The van der Waals surface area contributed by atoms with Crippen molar-refractivity contribution in [3.8, 4) is 6.19 Å². The van der Waals surface area contributed by atoms with Gasteiger partial charge in [-0.1, -0.05) is 0 Å². The van der Waals surface area contributed by atoms with Crippen molar-refractivity contribution >= 4 is 5.91 Å². The Morgan fingerprint density at radius 2 is 2.55 bits per heavy atom.